The summed E-state index contributed by atoms with van der Waals surface area (Å²) >= 11 is 0. The minimum absolute atomic E-state index is 0. The van der Waals surface area contributed by atoms with Gasteiger partial charge in [-0.05, 0) is 36.5 Å². The molecule has 0 fully saturated rings. The molecule has 0 N–H and O–H groups in total. The maximum Gasteiger partial charge on any atom is 3.00 e. The van der Waals surface area contributed by atoms with Crippen molar-refractivity contribution in [3.05, 3.63) is 36.5 Å². The molecule has 26 heavy (non-hydrogen) atoms. The Morgan fingerprint density at radius 1 is 0.346 bits per heavy atom. The van der Waals surface area contributed by atoms with Crippen LogP contribution in [0.1, 0.15) is 0 Å². The summed E-state index contributed by atoms with van der Waals surface area (Å²) in [5, 5.41) is 56.5. The van der Waals surface area contributed by atoms with Crippen molar-refractivity contribution in [1.29, 1.82) is 0 Å². The summed E-state index contributed by atoms with van der Waals surface area (Å²) in [6, 6.07) is 0. The molecule has 0 aromatic rings. The molecule has 12 nitrogen and oxygen atoms in total. The average Bonchev–Trinajstić information content (AvgIpc) is 2.42. The molecule has 0 rings (SSSR count). The van der Waals surface area contributed by atoms with Crippen molar-refractivity contribution in [1.82, 2.24) is 0 Å². The van der Waals surface area contributed by atoms with Crippen LogP contribution in [0.2, 0.25) is 0 Å². The fraction of sp³-hybridized carbons (Fsp3) is 0. The SMILES string of the molecule is O=C([O-])C=CC(=O)[O-].O=C([O-])C=CC(=O)[O-].O=C([O-])C=CC(=O)[O-].[Bi+3].[Bi+3]. The van der Waals surface area contributed by atoms with E-state index in [0.29, 0.717) is 36.5 Å². The first-order chi connectivity index (χ1) is 10.9. The zero-order valence-corrected chi connectivity index (χ0v) is 19.2. The second kappa shape index (κ2) is 22.8. The van der Waals surface area contributed by atoms with E-state index in [0.717, 1.165) is 0 Å². The van der Waals surface area contributed by atoms with Crippen molar-refractivity contribution in [2.45, 2.75) is 0 Å². The number of hydrogen-bond acceptors (Lipinski definition) is 12. The third-order valence-electron chi connectivity index (χ3n) is 1.07. The predicted molar refractivity (Wildman–Crippen MR) is 69.0 cm³/mol. The first-order valence-corrected chi connectivity index (χ1v) is 5.18. The molecule has 14 heteroatoms. The first kappa shape index (κ1) is 35.0. The minimum Gasteiger partial charge on any atom is -0.545 e. The van der Waals surface area contributed by atoms with Crippen LogP contribution in [0, 0.1) is 0 Å². The smallest absolute Gasteiger partial charge is 0.545 e. The molecular weight excluding hydrogens is 754 g/mol. The molecule has 0 saturated carbocycles. The molecule has 0 aliphatic carbocycles. The topological polar surface area (TPSA) is 241 Å². The van der Waals surface area contributed by atoms with Crippen LogP contribution >= 0.6 is 0 Å². The predicted octanol–water partition coefficient (Wildman–Crippen LogP) is -9.63. The Hall–Kier alpha value is -2.19. The summed E-state index contributed by atoms with van der Waals surface area (Å²) < 4.78 is 0. The van der Waals surface area contributed by atoms with E-state index in [4.69, 9.17) is 0 Å². The number of hydrogen-bond donors (Lipinski definition) is 0. The van der Waals surface area contributed by atoms with Crippen LogP contribution < -0.4 is 30.6 Å². The van der Waals surface area contributed by atoms with E-state index in [2.05, 4.69) is 0 Å². The molecule has 0 amide bonds. The third-order valence-corrected chi connectivity index (χ3v) is 1.07. The van der Waals surface area contributed by atoms with E-state index in [-0.39, 0.29) is 52.4 Å². The zero-order valence-electron chi connectivity index (χ0n) is 12.3. The second-order valence-electron chi connectivity index (χ2n) is 2.91. The fourth-order valence-corrected chi connectivity index (χ4v) is 0.408. The van der Waals surface area contributed by atoms with Gasteiger partial charge in [-0.2, -0.15) is 0 Å². The van der Waals surface area contributed by atoms with Gasteiger partial charge in [0.05, 0.1) is 35.8 Å². The van der Waals surface area contributed by atoms with E-state index in [1.54, 1.807) is 0 Å². The quantitative estimate of drug-likeness (QED) is 0.181. The number of carbonyl (C=O) groups is 6. The van der Waals surface area contributed by atoms with Crippen molar-refractivity contribution < 1.29 is 59.4 Å². The molecule has 0 bridgehead atoms. The maximum atomic E-state index is 9.41. The van der Waals surface area contributed by atoms with Gasteiger partial charge in [-0.3, -0.25) is 0 Å². The Bertz CT molecular complexity index is 448. The number of aliphatic carboxylic acids is 6. The van der Waals surface area contributed by atoms with Gasteiger partial charge in [0.25, 0.3) is 0 Å². The van der Waals surface area contributed by atoms with Gasteiger partial charge in [0.2, 0.25) is 0 Å². The number of carboxylic acids is 6. The molecule has 0 heterocycles. The molecule has 0 unspecified atom stereocenters. The maximum absolute atomic E-state index is 9.41. The van der Waals surface area contributed by atoms with Crippen molar-refractivity contribution in [3.8, 4) is 0 Å². The summed E-state index contributed by atoms with van der Waals surface area (Å²) in [5.41, 5.74) is 0. The standard InChI is InChI=1S/3C4H4O4.2Bi/c3*5-3(6)1-2-4(7)8;;/h3*1-2H,(H,5,6)(H,7,8);;/q;;;2*+3/p-6. The Morgan fingerprint density at radius 3 is 0.462 bits per heavy atom. The summed E-state index contributed by atoms with van der Waals surface area (Å²) in [4.78, 5) is 56.5. The van der Waals surface area contributed by atoms with Gasteiger partial charge in [-0.1, -0.05) is 0 Å². The molecule has 0 aromatic carbocycles. The average molecular weight is 760 g/mol. The van der Waals surface area contributed by atoms with Gasteiger partial charge in [0.1, 0.15) is 0 Å². The third kappa shape index (κ3) is 57.6. The number of carbonyl (C=O) groups excluding carboxylic acids is 6. The molecule has 0 aromatic heterocycles. The molecule has 0 spiro atoms. The minimum atomic E-state index is -1.55. The van der Waals surface area contributed by atoms with Gasteiger partial charge >= 0.3 is 52.4 Å². The van der Waals surface area contributed by atoms with E-state index in [1.807, 2.05) is 0 Å². The molecule has 0 saturated heterocycles. The van der Waals surface area contributed by atoms with Crippen LogP contribution in [0.15, 0.2) is 36.5 Å². The summed E-state index contributed by atoms with van der Waals surface area (Å²) in [6.07, 6.45) is 2.31. The number of rotatable bonds is 6. The number of carboxylic acid groups (broad SMARTS) is 6. The Balaban J connectivity index is -0.0000000817. The van der Waals surface area contributed by atoms with Gasteiger partial charge in [0, 0.05) is 0 Å². The van der Waals surface area contributed by atoms with Crippen molar-refractivity contribution in [2.24, 2.45) is 0 Å². The van der Waals surface area contributed by atoms with Crippen molar-refractivity contribution >= 4 is 88.2 Å². The molecule has 0 aliphatic heterocycles. The zero-order chi connectivity index (χ0) is 19.7. The van der Waals surface area contributed by atoms with E-state index < -0.39 is 35.8 Å². The van der Waals surface area contributed by atoms with Crippen LogP contribution in [-0.2, 0) is 28.8 Å². The normalized spacial score (nSPS) is 8.77. The van der Waals surface area contributed by atoms with Gasteiger partial charge in [-0.25, -0.2) is 0 Å². The Labute approximate surface area is 183 Å². The van der Waals surface area contributed by atoms with Gasteiger partial charge < -0.3 is 59.4 Å². The van der Waals surface area contributed by atoms with Crippen LogP contribution in [0.3, 0.4) is 0 Å². The van der Waals surface area contributed by atoms with Crippen LogP contribution in [0.25, 0.3) is 0 Å². The van der Waals surface area contributed by atoms with E-state index in [9.17, 15) is 59.4 Å². The molecule has 4 radical (unpaired) electrons. The Kier molecular flexibility index (Phi) is 30.7. The van der Waals surface area contributed by atoms with Crippen LogP contribution in [-0.4, -0.2) is 88.2 Å². The summed E-state index contributed by atoms with van der Waals surface area (Å²) in [6.45, 7) is 0. The first-order valence-electron chi connectivity index (χ1n) is 5.18. The molecule has 136 valence electrons. The van der Waals surface area contributed by atoms with Crippen LogP contribution in [0.4, 0.5) is 0 Å². The molecular formula is C12H6Bi2O12. The molecule has 0 aliphatic rings. The largest absolute Gasteiger partial charge is 3.00 e. The second-order valence-corrected chi connectivity index (χ2v) is 2.91. The van der Waals surface area contributed by atoms with Crippen molar-refractivity contribution in [2.75, 3.05) is 0 Å². The Morgan fingerprint density at radius 2 is 0.423 bits per heavy atom. The van der Waals surface area contributed by atoms with Crippen molar-refractivity contribution in [3.63, 3.8) is 0 Å². The monoisotopic (exact) mass is 760 g/mol. The van der Waals surface area contributed by atoms with E-state index >= 15 is 0 Å². The van der Waals surface area contributed by atoms with Crippen LogP contribution in [0.5, 0.6) is 0 Å². The molecule has 0 atom stereocenters. The summed E-state index contributed by atoms with van der Waals surface area (Å²) in [5.74, 6) is -9.28. The van der Waals surface area contributed by atoms with Gasteiger partial charge in [-0.15, -0.1) is 0 Å². The van der Waals surface area contributed by atoms with E-state index in [1.165, 1.54) is 0 Å². The van der Waals surface area contributed by atoms with Gasteiger partial charge in [0.15, 0.2) is 0 Å². The fourth-order valence-electron chi connectivity index (χ4n) is 0.408. The summed E-state index contributed by atoms with van der Waals surface area (Å²) in [7, 11) is 0.